The number of aryl methyl sites for hydroxylation is 2. The molecular weight excluding hydrogens is 294 g/mol. The molecule has 0 bridgehead atoms. The maximum absolute atomic E-state index is 4.53. The van der Waals surface area contributed by atoms with Crippen molar-refractivity contribution >= 4 is 17.3 Å². The van der Waals surface area contributed by atoms with Gasteiger partial charge < -0.3 is 5.32 Å². The van der Waals surface area contributed by atoms with Gasteiger partial charge in [0, 0.05) is 17.3 Å². The number of nitrogens with zero attached hydrogens (tertiary/aromatic N) is 4. The summed E-state index contributed by atoms with van der Waals surface area (Å²) in [5.74, 6) is 0.608. The molecule has 3 rings (SSSR count). The lowest BCUT2D eigenvalue weighted by Crippen LogP contribution is -2.04. The van der Waals surface area contributed by atoms with E-state index in [1.807, 2.05) is 31.2 Å². The number of hydrogen-bond donors (Lipinski definition) is 1. The molecule has 3 aromatic rings. The van der Waals surface area contributed by atoms with E-state index in [9.17, 15) is 0 Å². The van der Waals surface area contributed by atoms with E-state index >= 15 is 0 Å². The molecule has 22 heavy (non-hydrogen) atoms. The van der Waals surface area contributed by atoms with Gasteiger partial charge in [0.15, 0.2) is 0 Å². The van der Waals surface area contributed by atoms with Gasteiger partial charge in [0.2, 0.25) is 5.95 Å². The predicted octanol–water partition coefficient (Wildman–Crippen LogP) is 3.48. The third-order valence-corrected chi connectivity index (χ3v) is 4.22. The van der Waals surface area contributed by atoms with E-state index in [1.165, 1.54) is 4.88 Å². The van der Waals surface area contributed by atoms with Crippen LogP contribution in [0.1, 0.15) is 22.5 Å². The number of nitrogens with one attached hydrogen (secondary N) is 1. The first kappa shape index (κ1) is 14.6. The van der Waals surface area contributed by atoms with Crippen LogP contribution in [-0.4, -0.2) is 19.9 Å². The van der Waals surface area contributed by atoms with Crippen molar-refractivity contribution in [3.05, 3.63) is 52.2 Å². The highest BCUT2D eigenvalue weighted by Gasteiger charge is 2.08. The molecule has 6 heteroatoms. The van der Waals surface area contributed by atoms with Crippen molar-refractivity contribution in [2.24, 2.45) is 0 Å². The molecule has 1 N–H and O–H groups in total. The van der Waals surface area contributed by atoms with Gasteiger partial charge in [-0.15, -0.1) is 11.3 Å². The van der Waals surface area contributed by atoms with Crippen LogP contribution >= 0.6 is 11.3 Å². The largest absolute Gasteiger partial charge is 0.349 e. The molecule has 0 amide bonds. The Morgan fingerprint density at radius 1 is 1.05 bits per heavy atom. The summed E-state index contributed by atoms with van der Waals surface area (Å²) in [6.45, 7) is 4.85. The monoisotopic (exact) mass is 311 g/mol. The molecule has 0 radical (unpaired) electrons. The van der Waals surface area contributed by atoms with Crippen LogP contribution in [0.5, 0.6) is 0 Å². The first-order valence-electron chi connectivity index (χ1n) is 7.19. The van der Waals surface area contributed by atoms with Gasteiger partial charge in [0.05, 0.1) is 28.6 Å². The Hall–Kier alpha value is -2.34. The average molecular weight is 311 g/mol. The molecule has 0 aliphatic rings. The van der Waals surface area contributed by atoms with Gasteiger partial charge in [0.25, 0.3) is 0 Å². The summed E-state index contributed by atoms with van der Waals surface area (Å²) in [6.07, 6.45) is 4.45. The normalized spacial score (nSPS) is 10.6. The Morgan fingerprint density at radius 2 is 1.95 bits per heavy atom. The zero-order valence-corrected chi connectivity index (χ0v) is 13.4. The molecule has 0 aliphatic carbocycles. The first-order chi connectivity index (χ1) is 10.8. The number of hydrogen-bond acceptors (Lipinski definition) is 6. The zero-order valence-electron chi connectivity index (χ0n) is 12.6. The van der Waals surface area contributed by atoms with Crippen molar-refractivity contribution in [3.8, 4) is 11.4 Å². The molecule has 0 aromatic carbocycles. The van der Waals surface area contributed by atoms with E-state index < -0.39 is 0 Å². The predicted molar refractivity (Wildman–Crippen MR) is 88.8 cm³/mol. The molecule has 3 heterocycles. The Bertz CT molecular complexity index is 754. The minimum atomic E-state index is 0.608. The molecule has 0 unspecified atom stereocenters. The summed E-state index contributed by atoms with van der Waals surface area (Å²) in [6, 6.07) is 7.64. The summed E-state index contributed by atoms with van der Waals surface area (Å²) in [4.78, 5) is 18.9. The number of thiazole rings is 1. The smallest absolute Gasteiger partial charge is 0.223 e. The number of pyridine rings is 1. The van der Waals surface area contributed by atoms with E-state index in [2.05, 4.69) is 32.2 Å². The Morgan fingerprint density at radius 3 is 2.73 bits per heavy atom. The molecule has 3 aromatic heterocycles. The van der Waals surface area contributed by atoms with E-state index in [0.29, 0.717) is 12.5 Å². The zero-order chi connectivity index (χ0) is 15.4. The van der Waals surface area contributed by atoms with Crippen molar-refractivity contribution in [1.82, 2.24) is 19.9 Å². The molecule has 0 spiro atoms. The van der Waals surface area contributed by atoms with Crippen LogP contribution in [0.15, 0.2) is 36.7 Å². The maximum Gasteiger partial charge on any atom is 0.223 e. The van der Waals surface area contributed by atoms with E-state index in [0.717, 1.165) is 28.5 Å². The second kappa shape index (κ2) is 6.62. The van der Waals surface area contributed by atoms with Gasteiger partial charge in [0.1, 0.15) is 0 Å². The molecule has 0 saturated heterocycles. The van der Waals surface area contributed by atoms with E-state index in [1.54, 1.807) is 23.7 Å². The number of anilines is 1. The lowest BCUT2D eigenvalue weighted by Gasteiger charge is -2.06. The van der Waals surface area contributed by atoms with Gasteiger partial charge in [-0.05, 0) is 31.5 Å². The lowest BCUT2D eigenvalue weighted by atomic mass is 10.2. The van der Waals surface area contributed by atoms with Crippen LogP contribution in [0.4, 0.5) is 5.95 Å². The standard InChI is InChI=1S/C16H17N5S/c1-3-12-15(22-11(2)20-12)10-19-16-18-9-7-14(21-16)13-6-4-5-8-17-13/h4-9H,3,10H2,1-2H3,(H,18,19,21). The fourth-order valence-electron chi connectivity index (χ4n) is 2.19. The maximum atomic E-state index is 4.53. The van der Waals surface area contributed by atoms with Crippen LogP contribution in [0.2, 0.25) is 0 Å². The molecule has 0 saturated carbocycles. The molecular formula is C16H17N5S. The fraction of sp³-hybridized carbons (Fsp3) is 0.250. The molecule has 112 valence electrons. The van der Waals surface area contributed by atoms with Crippen LogP contribution < -0.4 is 5.32 Å². The molecule has 0 fully saturated rings. The van der Waals surface area contributed by atoms with Crippen molar-refractivity contribution in [2.45, 2.75) is 26.8 Å². The Kier molecular flexibility index (Phi) is 4.39. The lowest BCUT2D eigenvalue weighted by molar-refractivity contribution is 0.986. The number of rotatable bonds is 5. The first-order valence-corrected chi connectivity index (χ1v) is 8.01. The SMILES string of the molecule is CCc1nc(C)sc1CNc1nccc(-c2ccccn2)n1. The van der Waals surface area contributed by atoms with Gasteiger partial charge in [-0.1, -0.05) is 13.0 Å². The van der Waals surface area contributed by atoms with Crippen LogP contribution in [-0.2, 0) is 13.0 Å². The Labute approximate surface area is 133 Å². The highest BCUT2D eigenvalue weighted by molar-refractivity contribution is 7.11. The molecule has 0 atom stereocenters. The van der Waals surface area contributed by atoms with Gasteiger partial charge in [-0.25, -0.2) is 15.0 Å². The molecule has 0 aliphatic heterocycles. The highest BCUT2D eigenvalue weighted by atomic mass is 32.1. The van der Waals surface area contributed by atoms with Crippen LogP contribution in [0.3, 0.4) is 0 Å². The van der Waals surface area contributed by atoms with Crippen molar-refractivity contribution in [2.75, 3.05) is 5.32 Å². The van der Waals surface area contributed by atoms with Crippen molar-refractivity contribution < 1.29 is 0 Å². The van der Waals surface area contributed by atoms with Crippen molar-refractivity contribution in [3.63, 3.8) is 0 Å². The summed E-state index contributed by atoms with van der Waals surface area (Å²) >= 11 is 1.72. The van der Waals surface area contributed by atoms with Crippen LogP contribution in [0, 0.1) is 6.92 Å². The Balaban J connectivity index is 1.76. The number of aromatic nitrogens is 4. The highest BCUT2D eigenvalue weighted by Crippen LogP contribution is 2.20. The second-order valence-electron chi connectivity index (χ2n) is 4.79. The fourth-order valence-corrected chi connectivity index (χ4v) is 3.15. The molecule has 5 nitrogen and oxygen atoms in total. The van der Waals surface area contributed by atoms with Gasteiger partial charge in [-0.3, -0.25) is 4.98 Å². The minimum absolute atomic E-state index is 0.608. The average Bonchev–Trinajstić information content (AvgIpc) is 2.94. The topological polar surface area (TPSA) is 63.6 Å². The van der Waals surface area contributed by atoms with Gasteiger partial charge >= 0.3 is 0 Å². The summed E-state index contributed by atoms with van der Waals surface area (Å²) in [5, 5.41) is 4.37. The van der Waals surface area contributed by atoms with Crippen LogP contribution in [0.25, 0.3) is 11.4 Å². The van der Waals surface area contributed by atoms with E-state index in [-0.39, 0.29) is 0 Å². The minimum Gasteiger partial charge on any atom is -0.349 e. The summed E-state index contributed by atoms with van der Waals surface area (Å²) in [5.41, 5.74) is 2.81. The summed E-state index contributed by atoms with van der Waals surface area (Å²) < 4.78 is 0. The second-order valence-corrected chi connectivity index (χ2v) is 6.08. The third-order valence-electron chi connectivity index (χ3n) is 3.21. The third kappa shape index (κ3) is 3.28. The van der Waals surface area contributed by atoms with Crippen molar-refractivity contribution in [1.29, 1.82) is 0 Å². The van der Waals surface area contributed by atoms with Gasteiger partial charge in [-0.2, -0.15) is 0 Å². The quantitative estimate of drug-likeness (QED) is 0.781. The summed E-state index contributed by atoms with van der Waals surface area (Å²) in [7, 11) is 0. The van der Waals surface area contributed by atoms with E-state index in [4.69, 9.17) is 0 Å².